The average molecular weight is 296 g/mol. The van der Waals surface area contributed by atoms with E-state index in [2.05, 4.69) is 19.2 Å². The van der Waals surface area contributed by atoms with Crippen molar-refractivity contribution in [2.24, 2.45) is 11.8 Å². The van der Waals surface area contributed by atoms with E-state index in [-0.39, 0.29) is 5.60 Å². The Balaban J connectivity index is 2.11. The molecule has 2 saturated carbocycles. The van der Waals surface area contributed by atoms with Crippen molar-refractivity contribution in [3.05, 3.63) is 0 Å². The Kier molecular flexibility index (Phi) is 7.01. The molecular weight excluding hydrogens is 258 g/mol. The van der Waals surface area contributed by atoms with Crippen molar-refractivity contribution < 1.29 is 4.74 Å². The second-order valence-corrected chi connectivity index (χ2v) is 7.46. The predicted molar refractivity (Wildman–Crippen MR) is 90.6 cm³/mol. The Labute approximate surface area is 132 Å². The first kappa shape index (κ1) is 17.3. The summed E-state index contributed by atoms with van der Waals surface area (Å²) in [5.74, 6) is 1.78. The van der Waals surface area contributed by atoms with E-state index in [9.17, 15) is 0 Å². The molecule has 2 aliphatic rings. The summed E-state index contributed by atoms with van der Waals surface area (Å²) in [7, 11) is 1.96. The van der Waals surface area contributed by atoms with Gasteiger partial charge >= 0.3 is 0 Å². The number of hydrogen-bond acceptors (Lipinski definition) is 2. The largest absolute Gasteiger partial charge is 0.377 e. The number of nitrogens with one attached hydrogen (secondary N) is 1. The maximum Gasteiger partial charge on any atom is 0.0833 e. The van der Waals surface area contributed by atoms with Crippen LogP contribution in [0.5, 0.6) is 0 Å². The fraction of sp³-hybridized carbons (Fsp3) is 1.00. The van der Waals surface area contributed by atoms with Crippen molar-refractivity contribution in [3.63, 3.8) is 0 Å². The minimum absolute atomic E-state index is 0.119. The topological polar surface area (TPSA) is 21.3 Å². The monoisotopic (exact) mass is 295 g/mol. The van der Waals surface area contributed by atoms with Crippen LogP contribution in [0.1, 0.15) is 84.5 Å². The second-order valence-electron chi connectivity index (χ2n) is 7.46. The molecule has 2 fully saturated rings. The maximum atomic E-state index is 6.20. The molecule has 0 bridgehead atoms. The Hall–Kier alpha value is -0.0800. The van der Waals surface area contributed by atoms with Crippen LogP contribution in [0.4, 0.5) is 0 Å². The zero-order valence-electron chi connectivity index (χ0n) is 14.6. The summed E-state index contributed by atoms with van der Waals surface area (Å²) in [6.45, 7) is 5.79. The lowest BCUT2D eigenvalue weighted by Gasteiger charge is -2.48. The van der Waals surface area contributed by atoms with Crippen LogP contribution < -0.4 is 5.32 Å². The zero-order chi connectivity index (χ0) is 15.1. The van der Waals surface area contributed by atoms with Crippen LogP contribution in [0.3, 0.4) is 0 Å². The van der Waals surface area contributed by atoms with E-state index in [0.29, 0.717) is 6.04 Å². The first-order chi connectivity index (χ1) is 10.3. The summed E-state index contributed by atoms with van der Waals surface area (Å²) in [5.41, 5.74) is 0.119. The van der Waals surface area contributed by atoms with Gasteiger partial charge in [0.05, 0.1) is 5.60 Å². The average Bonchev–Trinajstić information content (AvgIpc) is 2.56. The molecule has 2 rings (SSSR count). The first-order valence-electron chi connectivity index (χ1n) is 9.54. The van der Waals surface area contributed by atoms with Gasteiger partial charge in [0.25, 0.3) is 0 Å². The van der Waals surface area contributed by atoms with E-state index >= 15 is 0 Å². The Morgan fingerprint density at radius 1 is 1.10 bits per heavy atom. The highest BCUT2D eigenvalue weighted by molar-refractivity contribution is 4.99. The summed E-state index contributed by atoms with van der Waals surface area (Å²) in [6.07, 6.45) is 14.9. The Morgan fingerprint density at radius 3 is 2.48 bits per heavy atom. The van der Waals surface area contributed by atoms with E-state index in [0.717, 1.165) is 18.4 Å². The SMILES string of the molecule is CCCNC(C1CCCC(CC)C1)C1(OC)CCCCC1. The van der Waals surface area contributed by atoms with Gasteiger partial charge in [0.15, 0.2) is 0 Å². The smallest absolute Gasteiger partial charge is 0.0833 e. The molecule has 0 radical (unpaired) electrons. The minimum atomic E-state index is 0.119. The number of rotatable bonds is 7. The summed E-state index contributed by atoms with van der Waals surface area (Å²) < 4.78 is 6.20. The van der Waals surface area contributed by atoms with Gasteiger partial charge in [0.2, 0.25) is 0 Å². The molecule has 3 atom stereocenters. The van der Waals surface area contributed by atoms with Crippen LogP contribution >= 0.6 is 0 Å². The van der Waals surface area contributed by atoms with Gasteiger partial charge in [-0.15, -0.1) is 0 Å². The third-order valence-electron chi connectivity index (χ3n) is 6.16. The predicted octanol–water partition coefficient (Wildman–Crippen LogP) is 4.92. The normalized spacial score (nSPS) is 31.0. The highest BCUT2D eigenvalue weighted by atomic mass is 16.5. The van der Waals surface area contributed by atoms with Gasteiger partial charge in [-0.05, 0) is 50.5 Å². The van der Waals surface area contributed by atoms with Crippen molar-refractivity contribution in [2.45, 2.75) is 96.1 Å². The summed E-state index contributed by atoms with van der Waals surface area (Å²) >= 11 is 0. The first-order valence-corrected chi connectivity index (χ1v) is 9.54. The van der Waals surface area contributed by atoms with Crippen molar-refractivity contribution in [3.8, 4) is 0 Å². The minimum Gasteiger partial charge on any atom is -0.377 e. The molecule has 1 N–H and O–H groups in total. The van der Waals surface area contributed by atoms with Gasteiger partial charge in [-0.25, -0.2) is 0 Å². The summed E-state index contributed by atoms with van der Waals surface area (Å²) in [4.78, 5) is 0. The highest BCUT2D eigenvalue weighted by Gasteiger charge is 2.44. The lowest BCUT2D eigenvalue weighted by Crippen LogP contribution is -2.57. The molecule has 0 spiro atoms. The van der Waals surface area contributed by atoms with Crippen molar-refractivity contribution in [1.82, 2.24) is 5.32 Å². The molecule has 2 aliphatic carbocycles. The molecule has 0 saturated heterocycles. The zero-order valence-corrected chi connectivity index (χ0v) is 14.6. The molecule has 0 heterocycles. The van der Waals surface area contributed by atoms with E-state index in [1.54, 1.807) is 0 Å². The molecule has 2 heteroatoms. The van der Waals surface area contributed by atoms with Crippen LogP contribution in [0.15, 0.2) is 0 Å². The molecule has 21 heavy (non-hydrogen) atoms. The van der Waals surface area contributed by atoms with Gasteiger partial charge in [-0.3, -0.25) is 0 Å². The third kappa shape index (κ3) is 4.22. The number of ether oxygens (including phenoxy) is 1. The van der Waals surface area contributed by atoms with E-state index in [1.165, 1.54) is 70.6 Å². The lowest BCUT2D eigenvalue weighted by molar-refractivity contribution is -0.0873. The third-order valence-corrected chi connectivity index (χ3v) is 6.16. The van der Waals surface area contributed by atoms with Crippen molar-refractivity contribution in [1.29, 1.82) is 0 Å². The molecule has 2 nitrogen and oxygen atoms in total. The van der Waals surface area contributed by atoms with E-state index in [4.69, 9.17) is 4.74 Å². The van der Waals surface area contributed by atoms with E-state index in [1.807, 2.05) is 7.11 Å². The Bertz CT molecular complexity index is 285. The van der Waals surface area contributed by atoms with Crippen LogP contribution in [0.2, 0.25) is 0 Å². The maximum absolute atomic E-state index is 6.20. The van der Waals surface area contributed by atoms with Gasteiger partial charge in [-0.2, -0.15) is 0 Å². The molecule has 0 aliphatic heterocycles. The van der Waals surface area contributed by atoms with Gasteiger partial charge < -0.3 is 10.1 Å². The fourth-order valence-corrected chi connectivity index (χ4v) is 4.88. The van der Waals surface area contributed by atoms with Crippen LogP contribution in [0, 0.1) is 11.8 Å². The standard InChI is InChI=1S/C19H37NO/c1-4-14-20-18(17-11-9-10-16(5-2)15-17)19(21-3)12-7-6-8-13-19/h16-18,20H,4-15H2,1-3H3. The second kappa shape index (κ2) is 8.53. The molecular formula is C19H37NO. The molecule has 3 unspecified atom stereocenters. The quantitative estimate of drug-likeness (QED) is 0.720. The highest BCUT2D eigenvalue weighted by Crippen LogP contribution is 2.42. The lowest BCUT2D eigenvalue weighted by atomic mass is 9.68. The Morgan fingerprint density at radius 2 is 1.86 bits per heavy atom. The van der Waals surface area contributed by atoms with Gasteiger partial charge in [0.1, 0.15) is 0 Å². The number of hydrogen-bond donors (Lipinski definition) is 1. The number of methoxy groups -OCH3 is 1. The van der Waals surface area contributed by atoms with E-state index < -0.39 is 0 Å². The summed E-state index contributed by atoms with van der Waals surface area (Å²) in [5, 5.41) is 3.92. The molecule has 124 valence electrons. The molecule has 0 aromatic rings. The van der Waals surface area contributed by atoms with Crippen molar-refractivity contribution >= 4 is 0 Å². The van der Waals surface area contributed by atoms with Gasteiger partial charge in [0, 0.05) is 13.2 Å². The molecule has 0 aromatic heterocycles. The molecule has 0 aromatic carbocycles. The van der Waals surface area contributed by atoms with Crippen LogP contribution in [-0.4, -0.2) is 25.3 Å². The molecule has 0 amide bonds. The van der Waals surface area contributed by atoms with Crippen molar-refractivity contribution in [2.75, 3.05) is 13.7 Å². The van der Waals surface area contributed by atoms with Gasteiger partial charge in [-0.1, -0.05) is 52.4 Å². The summed E-state index contributed by atoms with van der Waals surface area (Å²) in [6, 6.07) is 0.581. The fourth-order valence-electron chi connectivity index (χ4n) is 4.88. The van der Waals surface area contributed by atoms with Crippen LogP contribution in [0.25, 0.3) is 0 Å². The van der Waals surface area contributed by atoms with Crippen LogP contribution in [-0.2, 0) is 4.74 Å².